The van der Waals surface area contributed by atoms with Gasteiger partial charge in [-0.1, -0.05) is 37.3 Å². The maximum absolute atomic E-state index is 12.7. The molecule has 1 aromatic heterocycles. The average molecular weight is 379 g/mol. The lowest BCUT2D eigenvalue weighted by Gasteiger charge is -2.32. The van der Waals surface area contributed by atoms with Gasteiger partial charge in [0, 0.05) is 38.6 Å². The number of benzene rings is 1. The van der Waals surface area contributed by atoms with Gasteiger partial charge in [0.25, 0.3) is 5.91 Å². The van der Waals surface area contributed by atoms with Gasteiger partial charge in [0.05, 0.1) is 5.56 Å². The fourth-order valence-electron chi connectivity index (χ4n) is 4.44. The average Bonchev–Trinajstić information content (AvgIpc) is 2.75. The van der Waals surface area contributed by atoms with Crippen LogP contribution < -0.4 is 4.90 Å². The van der Waals surface area contributed by atoms with Crippen molar-refractivity contribution in [1.82, 2.24) is 14.9 Å². The summed E-state index contributed by atoms with van der Waals surface area (Å²) in [4.78, 5) is 25.9. The van der Waals surface area contributed by atoms with Crippen LogP contribution in [0.5, 0.6) is 0 Å². The molecule has 2 fully saturated rings. The van der Waals surface area contributed by atoms with Crippen LogP contribution in [0.15, 0.2) is 42.7 Å². The fraction of sp³-hybridized carbons (Fsp3) is 0.522. The van der Waals surface area contributed by atoms with Crippen LogP contribution in [0.25, 0.3) is 0 Å². The number of carbonyl (C=O) groups is 1. The van der Waals surface area contributed by atoms with Crippen molar-refractivity contribution < 1.29 is 4.79 Å². The molecular weight excluding hydrogens is 348 g/mol. The molecule has 0 N–H and O–H groups in total. The van der Waals surface area contributed by atoms with E-state index in [4.69, 9.17) is 0 Å². The largest absolute Gasteiger partial charge is 0.341 e. The van der Waals surface area contributed by atoms with Crippen LogP contribution in [0, 0.1) is 11.8 Å². The quantitative estimate of drug-likeness (QED) is 0.812. The Kier molecular flexibility index (Phi) is 5.89. The van der Waals surface area contributed by atoms with Crippen LogP contribution in [-0.4, -0.2) is 47.0 Å². The summed E-state index contributed by atoms with van der Waals surface area (Å²) >= 11 is 0. The van der Waals surface area contributed by atoms with Crippen LogP contribution in [0.3, 0.4) is 0 Å². The highest BCUT2D eigenvalue weighted by Crippen LogP contribution is 2.24. The van der Waals surface area contributed by atoms with E-state index in [9.17, 15) is 4.79 Å². The Morgan fingerprint density at radius 3 is 2.43 bits per heavy atom. The van der Waals surface area contributed by atoms with E-state index in [2.05, 4.69) is 52.1 Å². The summed E-state index contributed by atoms with van der Waals surface area (Å²) in [5, 5.41) is 0. The monoisotopic (exact) mass is 378 g/mol. The van der Waals surface area contributed by atoms with E-state index in [1.54, 1.807) is 12.4 Å². The number of aromatic nitrogens is 2. The van der Waals surface area contributed by atoms with Crippen molar-refractivity contribution in [2.45, 2.75) is 39.0 Å². The number of rotatable bonds is 4. The molecule has 0 bridgehead atoms. The summed E-state index contributed by atoms with van der Waals surface area (Å²) in [7, 11) is 0. The standard InChI is InChI=1S/C23H30N4O/c1-18-6-5-11-27(17-18)22(28)21-15-24-23(25-16-21)26-12-9-20(10-13-26)14-19-7-3-2-4-8-19/h2-4,7-8,15-16,18,20H,5-6,9-14,17H2,1H3. The summed E-state index contributed by atoms with van der Waals surface area (Å²) in [5.74, 6) is 2.12. The van der Waals surface area contributed by atoms with E-state index < -0.39 is 0 Å². The Hall–Kier alpha value is -2.43. The van der Waals surface area contributed by atoms with Gasteiger partial charge in [-0.2, -0.15) is 0 Å². The van der Waals surface area contributed by atoms with Gasteiger partial charge in [0.15, 0.2) is 0 Å². The first-order valence-corrected chi connectivity index (χ1v) is 10.6. The highest BCUT2D eigenvalue weighted by Gasteiger charge is 2.24. The lowest BCUT2D eigenvalue weighted by atomic mass is 9.90. The predicted octanol–water partition coefficient (Wildman–Crippen LogP) is 3.81. The Bertz CT molecular complexity index is 769. The second-order valence-corrected chi connectivity index (χ2v) is 8.39. The lowest BCUT2D eigenvalue weighted by Crippen LogP contribution is -2.39. The lowest BCUT2D eigenvalue weighted by molar-refractivity contribution is 0.0682. The van der Waals surface area contributed by atoms with Crippen LogP contribution in [-0.2, 0) is 6.42 Å². The van der Waals surface area contributed by atoms with Gasteiger partial charge in [0.1, 0.15) is 0 Å². The first-order chi connectivity index (χ1) is 13.7. The fourth-order valence-corrected chi connectivity index (χ4v) is 4.44. The smallest absolute Gasteiger partial charge is 0.257 e. The molecule has 1 unspecified atom stereocenters. The molecule has 0 radical (unpaired) electrons. The molecule has 4 rings (SSSR count). The molecule has 5 heteroatoms. The summed E-state index contributed by atoms with van der Waals surface area (Å²) in [5.41, 5.74) is 2.03. The summed E-state index contributed by atoms with van der Waals surface area (Å²) in [6, 6.07) is 10.7. The molecule has 148 valence electrons. The number of carbonyl (C=O) groups excluding carboxylic acids is 1. The van der Waals surface area contributed by atoms with E-state index in [1.807, 2.05) is 4.90 Å². The number of hydrogen-bond donors (Lipinski definition) is 0. The normalized spacial score (nSPS) is 21.0. The molecule has 5 nitrogen and oxygen atoms in total. The number of nitrogens with zero attached hydrogens (tertiary/aromatic N) is 4. The second-order valence-electron chi connectivity index (χ2n) is 8.39. The third-order valence-electron chi connectivity index (χ3n) is 6.09. The third kappa shape index (κ3) is 4.51. The zero-order chi connectivity index (χ0) is 19.3. The van der Waals surface area contributed by atoms with E-state index in [0.29, 0.717) is 11.5 Å². The van der Waals surface area contributed by atoms with Crippen molar-refractivity contribution in [3.05, 3.63) is 53.9 Å². The summed E-state index contributed by atoms with van der Waals surface area (Å²) in [6.45, 7) is 5.86. The number of hydrogen-bond acceptors (Lipinski definition) is 4. The van der Waals surface area contributed by atoms with Crippen LogP contribution in [0.1, 0.15) is 48.5 Å². The first-order valence-electron chi connectivity index (χ1n) is 10.6. The number of amides is 1. The molecule has 2 aromatic rings. The molecule has 28 heavy (non-hydrogen) atoms. The summed E-state index contributed by atoms with van der Waals surface area (Å²) in [6.07, 6.45) is 9.18. The van der Waals surface area contributed by atoms with E-state index in [1.165, 1.54) is 12.0 Å². The molecule has 1 amide bonds. The van der Waals surface area contributed by atoms with Gasteiger partial charge in [-0.15, -0.1) is 0 Å². The zero-order valence-corrected chi connectivity index (χ0v) is 16.8. The highest BCUT2D eigenvalue weighted by atomic mass is 16.2. The molecule has 2 saturated heterocycles. The molecule has 0 saturated carbocycles. The number of anilines is 1. The van der Waals surface area contributed by atoms with Gasteiger partial charge in [0.2, 0.25) is 5.95 Å². The zero-order valence-electron chi connectivity index (χ0n) is 16.8. The van der Waals surface area contributed by atoms with Crippen molar-refractivity contribution in [3.63, 3.8) is 0 Å². The van der Waals surface area contributed by atoms with Gasteiger partial charge in [-0.3, -0.25) is 4.79 Å². The van der Waals surface area contributed by atoms with Crippen molar-refractivity contribution in [3.8, 4) is 0 Å². The van der Waals surface area contributed by atoms with E-state index in [0.717, 1.165) is 63.7 Å². The Morgan fingerprint density at radius 1 is 1.04 bits per heavy atom. The summed E-state index contributed by atoms with van der Waals surface area (Å²) < 4.78 is 0. The maximum Gasteiger partial charge on any atom is 0.257 e. The van der Waals surface area contributed by atoms with Gasteiger partial charge >= 0.3 is 0 Å². The number of likely N-dealkylation sites (tertiary alicyclic amines) is 1. The maximum atomic E-state index is 12.7. The third-order valence-corrected chi connectivity index (χ3v) is 6.09. The molecule has 0 aliphatic carbocycles. The molecule has 2 aliphatic rings. The Balaban J connectivity index is 1.31. The van der Waals surface area contributed by atoms with Gasteiger partial charge in [-0.25, -0.2) is 9.97 Å². The SMILES string of the molecule is CC1CCCN(C(=O)c2cnc(N3CCC(Cc4ccccc4)CC3)nc2)C1. The Labute approximate surface area is 167 Å². The van der Waals surface area contributed by atoms with E-state index in [-0.39, 0.29) is 5.91 Å². The molecular formula is C23H30N4O. The van der Waals surface area contributed by atoms with Crippen molar-refractivity contribution in [2.75, 3.05) is 31.1 Å². The van der Waals surface area contributed by atoms with Crippen molar-refractivity contribution in [1.29, 1.82) is 0 Å². The predicted molar refractivity (Wildman–Crippen MR) is 111 cm³/mol. The topological polar surface area (TPSA) is 49.3 Å². The molecule has 1 atom stereocenters. The van der Waals surface area contributed by atoms with E-state index >= 15 is 0 Å². The molecule has 0 spiro atoms. The minimum Gasteiger partial charge on any atom is -0.341 e. The molecule has 1 aromatic carbocycles. The van der Waals surface area contributed by atoms with Crippen LogP contribution in [0.2, 0.25) is 0 Å². The van der Waals surface area contributed by atoms with Crippen LogP contribution >= 0.6 is 0 Å². The van der Waals surface area contributed by atoms with Crippen molar-refractivity contribution >= 4 is 11.9 Å². The minimum atomic E-state index is 0.0691. The Morgan fingerprint density at radius 2 is 1.75 bits per heavy atom. The van der Waals surface area contributed by atoms with Crippen LogP contribution in [0.4, 0.5) is 5.95 Å². The van der Waals surface area contributed by atoms with Gasteiger partial charge in [-0.05, 0) is 49.5 Å². The molecule has 3 heterocycles. The van der Waals surface area contributed by atoms with Crippen molar-refractivity contribution in [2.24, 2.45) is 11.8 Å². The second kappa shape index (κ2) is 8.72. The minimum absolute atomic E-state index is 0.0691. The van der Waals surface area contributed by atoms with Gasteiger partial charge < -0.3 is 9.80 Å². The highest BCUT2D eigenvalue weighted by molar-refractivity contribution is 5.93. The molecule has 2 aliphatic heterocycles. The number of piperidine rings is 2. The first kappa shape index (κ1) is 18.9.